The van der Waals surface area contributed by atoms with E-state index in [2.05, 4.69) is 182 Å². The molecule has 6 rings (SSSR count). The molecule has 0 N–H and O–H groups in total. The normalized spacial score (nSPS) is 11.7. The van der Waals surface area contributed by atoms with Crippen molar-refractivity contribution >= 4 is 67.2 Å². The van der Waals surface area contributed by atoms with Gasteiger partial charge in [-0.25, -0.2) is 0 Å². The molecule has 6 aromatic rings. The van der Waals surface area contributed by atoms with Crippen LogP contribution in [0.5, 0.6) is 0 Å². The molecule has 0 radical (unpaired) electrons. The Morgan fingerprint density at radius 1 is 0.311 bits per heavy atom. The Bertz CT molecular complexity index is 1380. The maximum absolute atomic E-state index is 7.41. The van der Waals surface area contributed by atoms with Crippen molar-refractivity contribution in [1.82, 2.24) is 0 Å². The molecule has 0 saturated carbocycles. The SMILES string of the molecule is ClCC(CP(c1ccccc1)c1ccccc1)(CP(c1ccccc1)c1ccccc1)CP(c1ccccc1)c1ccccc1. The van der Waals surface area contributed by atoms with Gasteiger partial charge in [-0.2, -0.15) is 0 Å². The molecule has 0 aromatic heterocycles. The molecule has 0 heterocycles. The number of halogens is 1. The lowest BCUT2D eigenvalue weighted by Crippen LogP contribution is -2.40. The summed E-state index contributed by atoms with van der Waals surface area (Å²) in [6.45, 7) is 0. The highest BCUT2D eigenvalue weighted by Gasteiger charge is 2.39. The van der Waals surface area contributed by atoms with E-state index in [-0.39, 0.29) is 5.41 Å². The van der Waals surface area contributed by atoms with Gasteiger partial charge in [-0.3, -0.25) is 0 Å². The molecular formula is C41H38ClP3. The van der Waals surface area contributed by atoms with Crippen molar-refractivity contribution in [3.05, 3.63) is 182 Å². The Labute approximate surface area is 277 Å². The first-order valence-corrected chi connectivity index (χ1v) is 20.6. The van der Waals surface area contributed by atoms with Crippen molar-refractivity contribution in [2.75, 3.05) is 24.4 Å². The van der Waals surface area contributed by atoms with E-state index < -0.39 is 23.8 Å². The summed E-state index contributed by atoms with van der Waals surface area (Å²) < 4.78 is 0. The van der Waals surface area contributed by atoms with Gasteiger partial charge in [0.05, 0.1) is 0 Å². The second kappa shape index (κ2) is 15.9. The van der Waals surface area contributed by atoms with Gasteiger partial charge in [0.1, 0.15) is 0 Å². The maximum atomic E-state index is 7.41. The average molecular weight is 659 g/mol. The van der Waals surface area contributed by atoms with Crippen LogP contribution in [0.1, 0.15) is 0 Å². The summed E-state index contributed by atoms with van der Waals surface area (Å²) in [6.07, 6.45) is 3.12. The average Bonchev–Trinajstić information content (AvgIpc) is 3.14. The first-order valence-electron chi connectivity index (χ1n) is 15.4. The van der Waals surface area contributed by atoms with E-state index in [0.717, 1.165) is 18.5 Å². The Kier molecular flexibility index (Phi) is 11.3. The molecule has 0 saturated heterocycles. The third-order valence-electron chi connectivity index (χ3n) is 8.17. The quantitative estimate of drug-likeness (QED) is 0.0861. The zero-order chi connectivity index (χ0) is 30.7. The molecule has 0 atom stereocenters. The summed E-state index contributed by atoms with van der Waals surface area (Å²) in [7, 11) is -1.94. The van der Waals surface area contributed by atoms with E-state index in [9.17, 15) is 0 Å². The van der Waals surface area contributed by atoms with Crippen molar-refractivity contribution in [3.8, 4) is 0 Å². The maximum Gasteiger partial charge on any atom is 0.0290 e. The Hall–Kier alpha value is -3.10. The first-order chi connectivity index (χ1) is 22.2. The lowest BCUT2D eigenvalue weighted by molar-refractivity contribution is 0.505. The van der Waals surface area contributed by atoms with E-state index in [0.29, 0.717) is 5.88 Å². The molecule has 0 unspecified atom stereocenters. The van der Waals surface area contributed by atoms with Crippen LogP contribution in [-0.2, 0) is 0 Å². The first kappa shape index (κ1) is 31.9. The highest BCUT2D eigenvalue weighted by atomic mass is 35.5. The van der Waals surface area contributed by atoms with Crippen LogP contribution < -0.4 is 31.8 Å². The fourth-order valence-corrected chi connectivity index (χ4v) is 15.3. The number of hydrogen-bond acceptors (Lipinski definition) is 0. The molecule has 6 aromatic carbocycles. The zero-order valence-electron chi connectivity index (χ0n) is 25.4. The second-order valence-electron chi connectivity index (χ2n) is 11.4. The summed E-state index contributed by atoms with van der Waals surface area (Å²) in [6, 6.07) is 67.0. The van der Waals surface area contributed by atoms with Gasteiger partial charge in [-0.05, 0) is 79.5 Å². The van der Waals surface area contributed by atoms with Crippen LogP contribution >= 0.6 is 35.4 Å². The van der Waals surface area contributed by atoms with Crippen LogP contribution in [0, 0.1) is 5.41 Å². The zero-order valence-corrected chi connectivity index (χ0v) is 28.8. The molecule has 0 bridgehead atoms. The van der Waals surface area contributed by atoms with E-state index >= 15 is 0 Å². The molecule has 0 aliphatic heterocycles. The van der Waals surface area contributed by atoms with Crippen LogP contribution in [0.25, 0.3) is 0 Å². The minimum Gasteiger partial charge on any atom is -0.126 e. The minimum atomic E-state index is -0.645. The Morgan fingerprint density at radius 3 is 0.644 bits per heavy atom. The van der Waals surface area contributed by atoms with Crippen molar-refractivity contribution in [2.24, 2.45) is 5.41 Å². The summed E-state index contributed by atoms with van der Waals surface area (Å²) in [5, 5.41) is 8.50. The van der Waals surface area contributed by atoms with Gasteiger partial charge in [0.15, 0.2) is 0 Å². The lowest BCUT2D eigenvalue weighted by atomic mass is 9.99. The van der Waals surface area contributed by atoms with Crippen LogP contribution in [-0.4, -0.2) is 24.4 Å². The van der Waals surface area contributed by atoms with Crippen LogP contribution in [0.3, 0.4) is 0 Å². The van der Waals surface area contributed by atoms with E-state index in [1.165, 1.54) is 31.8 Å². The standard InChI is InChI=1S/C41H38ClP3/c42-31-41(32-43(35-19-7-1-8-20-35)36-21-9-2-10-22-36,33-44(37-23-11-3-12-24-37)38-25-13-4-14-26-38)34-45(39-27-15-5-16-28-39)40-29-17-6-18-30-40/h1-30H,31-34H2. The van der Waals surface area contributed by atoms with Gasteiger partial charge in [-0.15, -0.1) is 11.6 Å². The molecule has 0 aliphatic rings. The topological polar surface area (TPSA) is 0 Å². The van der Waals surface area contributed by atoms with Crippen LogP contribution in [0.4, 0.5) is 0 Å². The van der Waals surface area contributed by atoms with Gasteiger partial charge in [0.25, 0.3) is 0 Å². The van der Waals surface area contributed by atoms with Gasteiger partial charge < -0.3 is 0 Å². The number of alkyl halides is 1. The van der Waals surface area contributed by atoms with Crippen molar-refractivity contribution in [3.63, 3.8) is 0 Å². The Morgan fingerprint density at radius 2 is 0.489 bits per heavy atom. The fraction of sp³-hybridized carbons (Fsp3) is 0.122. The summed E-state index contributed by atoms with van der Waals surface area (Å²) >= 11 is 7.41. The predicted molar refractivity (Wildman–Crippen MR) is 205 cm³/mol. The number of rotatable bonds is 13. The molecular weight excluding hydrogens is 621 g/mol. The highest BCUT2D eigenvalue weighted by molar-refractivity contribution is 7.75. The van der Waals surface area contributed by atoms with Crippen LogP contribution in [0.15, 0.2) is 182 Å². The minimum absolute atomic E-state index is 0.117. The largest absolute Gasteiger partial charge is 0.126 e. The molecule has 0 fully saturated rings. The summed E-state index contributed by atoms with van der Waals surface area (Å²) in [5.41, 5.74) is -0.117. The van der Waals surface area contributed by atoms with Gasteiger partial charge in [-0.1, -0.05) is 182 Å². The third-order valence-corrected chi connectivity index (χ3v) is 17.2. The van der Waals surface area contributed by atoms with E-state index in [4.69, 9.17) is 11.6 Å². The predicted octanol–water partition coefficient (Wildman–Crippen LogP) is 8.61. The second-order valence-corrected chi connectivity index (χ2v) is 18.3. The van der Waals surface area contributed by atoms with E-state index in [1.54, 1.807) is 0 Å². The van der Waals surface area contributed by atoms with Crippen molar-refractivity contribution in [2.45, 2.75) is 0 Å². The molecule has 45 heavy (non-hydrogen) atoms. The summed E-state index contributed by atoms with van der Waals surface area (Å²) in [4.78, 5) is 0. The van der Waals surface area contributed by atoms with Gasteiger partial charge in [0.2, 0.25) is 0 Å². The Balaban J connectivity index is 1.51. The molecule has 0 spiro atoms. The molecule has 224 valence electrons. The third kappa shape index (κ3) is 8.20. The summed E-state index contributed by atoms with van der Waals surface area (Å²) in [5.74, 6) is 0.614. The van der Waals surface area contributed by atoms with Gasteiger partial charge >= 0.3 is 0 Å². The highest BCUT2D eigenvalue weighted by Crippen LogP contribution is 2.53. The van der Waals surface area contributed by atoms with E-state index in [1.807, 2.05) is 0 Å². The lowest BCUT2D eigenvalue weighted by Gasteiger charge is -2.41. The van der Waals surface area contributed by atoms with Crippen molar-refractivity contribution < 1.29 is 0 Å². The fourth-order valence-electron chi connectivity index (χ4n) is 5.93. The molecule has 0 aliphatic carbocycles. The molecule has 0 amide bonds. The number of benzene rings is 6. The molecule has 0 nitrogen and oxygen atoms in total. The number of hydrogen-bond donors (Lipinski definition) is 0. The molecule has 4 heteroatoms. The van der Waals surface area contributed by atoms with Crippen molar-refractivity contribution in [1.29, 1.82) is 0 Å². The van der Waals surface area contributed by atoms with Gasteiger partial charge in [0, 0.05) is 5.88 Å². The monoisotopic (exact) mass is 658 g/mol. The van der Waals surface area contributed by atoms with Crippen LogP contribution in [0.2, 0.25) is 0 Å². The smallest absolute Gasteiger partial charge is 0.0290 e.